The molecule has 25 heavy (non-hydrogen) atoms. The topological polar surface area (TPSA) is 38.8 Å². The molecule has 1 aromatic carbocycles. The number of hydrogen-bond acceptors (Lipinski definition) is 3. The van der Waals surface area contributed by atoms with E-state index in [1.54, 1.807) is 0 Å². The van der Waals surface area contributed by atoms with E-state index >= 15 is 0 Å². The number of rotatable bonds is 4. The van der Waals surface area contributed by atoms with Crippen LogP contribution < -0.4 is 9.47 Å². The second-order valence-electron chi connectivity index (χ2n) is 7.46. The predicted octanol–water partition coefficient (Wildman–Crippen LogP) is 4.37. The van der Waals surface area contributed by atoms with Crippen LogP contribution in [-0.4, -0.2) is 36.1 Å². The Morgan fingerprint density at radius 1 is 1.00 bits per heavy atom. The summed E-state index contributed by atoms with van der Waals surface area (Å²) in [6.07, 6.45) is 10.0. The summed E-state index contributed by atoms with van der Waals surface area (Å²) in [4.78, 5) is 15.4. The summed E-state index contributed by atoms with van der Waals surface area (Å²) in [5, 5.41) is 0.535. The second-order valence-corrected chi connectivity index (χ2v) is 7.86. The minimum absolute atomic E-state index is 0.242. The van der Waals surface area contributed by atoms with E-state index in [9.17, 15) is 4.79 Å². The number of amides is 1. The number of fused-ring (bicyclic) bond motifs is 1. The summed E-state index contributed by atoms with van der Waals surface area (Å²) >= 11 is 6.33. The maximum absolute atomic E-state index is 13.2. The summed E-state index contributed by atoms with van der Waals surface area (Å²) in [6, 6.07) is 4.64. The first-order chi connectivity index (χ1) is 12.2. The molecule has 5 heteroatoms. The number of halogens is 1. The lowest BCUT2D eigenvalue weighted by Crippen LogP contribution is -2.45. The number of carbonyl (C=O) groups excluding carboxylic acids is 1. The summed E-state index contributed by atoms with van der Waals surface area (Å²) in [5.74, 6) is 1.51. The van der Waals surface area contributed by atoms with Gasteiger partial charge in [-0.05, 0) is 43.4 Å². The van der Waals surface area contributed by atoms with Gasteiger partial charge in [-0.15, -0.1) is 0 Å². The van der Waals surface area contributed by atoms with Crippen molar-refractivity contribution in [3.63, 3.8) is 0 Å². The fourth-order valence-electron chi connectivity index (χ4n) is 4.60. The van der Waals surface area contributed by atoms with E-state index in [2.05, 4.69) is 4.90 Å². The van der Waals surface area contributed by atoms with Gasteiger partial charge in [-0.2, -0.15) is 0 Å². The van der Waals surface area contributed by atoms with E-state index in [0.29, 0.717) is 48.2 Å². The maximum Gasteiger partial charge on any atom is 0.227 e. The first kappa shape index (κ1) is 17.0. The third-order valence-electron chi connectivity index (χ3n) is 5.74. The lowest BCUT2D eigenvalue weighted by molar-refractivity contribution is -0.135. The van der Waals surface area contributed by atoms with Gasteiger partial charge in [-0.25, -0.2) is 0 Å². The lowest BCUT2D eigenvalue weighted by Gasteiger charge is -2.35. The molecule has 0 unspecified atom stereocenters. The zero-order chi connectivity index (χ0) is 17.2. The van der Waals surface area contributed by atoms with Crippen LogP contribution in [0.4, 0.5) is 0 Å². The molecular weight excluding hydrogens is 338 g/mol. The standard InChI is InChI=1S/C20H26ClNO3/c21-17-11-14(12-18-20(17)25-10-9-24-18)13-19(23)22(15-5-1-2-6-15)16-7-3-4-8-16/h11-12,15-16H,1-10,13H2. The van der Waals surface area contributed by atoms with Crippen molar-refractivity contribution in [1.29, 1.82) is 0 Å². The third-order valence-corrected chi connectivity index (χ3v) is 6.02. The monoisotopic (exact) mass is 363 g/mol. The first-order valence-electron chi connectivity index (χ1n) is 9.61. The number of nitrogens with zero attached hydrogens (tertiary/aromatic N) is 1. The van der Waals surface area contributed by atoms with Crippen LogP contribution in [0.25, 0.3) is 0 Å². The van der Waals surface area contributed by atoms with Gasteiger partial charge in [0.15, 0.2) is 11.5 Å². The molecule has 136 valence electrons. The van der Waals surface area contributed by atoms with Gasteiger partial charge >= 0.3 is 0 Å². The molecule has 2 aliphatic carbocycles. The molecule has 0 N–H and O–H groups in total. The molecule has 4 rings (SSSR count). The van der Waals surface area contributed by atoms with E-state index in [0.717, 1.165) is 31.2 Å². The minimum Gasteiger partial charge on any atom is -0.486 e. The molecule has 0 saturated heterocycles. The largest absolute Gasteiger partial charge is 0.486 e. The van der Waals surface area contributed by atoms with Crippen LogP contribution >= 0.6 is 11.6 Å². The molecule has 4 nitrogen and oxygen atoms in total. The zero-order valence-corrected chi connectivity index (χ0v) is 15.4. The van der Waals surface area contributed by atoms with Gasteiger partial charge in [-0.3, -0.25) is 4.79 Å². The second kappa shape index (κ2) is 7.45. The highest BCUT2D eigenvalue weighted by Crippen LogP contribution is 2.39. The van der Waals surface area contributed by atoms with Crippen molar-refractivity contribution in [2.75, 3.05) is 13.2 Å². The molecule has 0 bridgehead atoms. The minimum atomic E-state index is 0.242. The SMILES string of the molecule is O=C(Cc1cc(Cl)c2c(c1)OCCO2)N(C1CCCC1)C1CCCC1. The van der Waals surface area contributed by atoms with Gasteiger partial charge in [0.2, 0.25) is 5.91 Å². The van der Waals surface area contributed by atoms with Crippen LogP contribution in [0, 0.1) is 0 Å². The number of hydrogen-bond donors (Lipinski definition) is 0. The van der Waals surface area contributed by atoms with Gasteiger partial charge in [0, 0.05) is 12.1 Å². The zero-order valence-electron chi connectivity index (χ0n) is 14.6. The average molecular weight is 364 g/mol. The van der Waals surface area contributed by atoms with Crippen LogP contribution in [-0.2, 0) is 11.2 Å². The smallest absolute Gasteiger partial charge is 0.227 e. The summed E-state index contributed by atoms with van der Waals surface area (Å²) in [7, 11) is 0. The van der Waals surface area contributed by atoms with Gasteiger partial charge < -0.3 is 14.4 Å². The van der Waals surface area contributed by atoms with E-state index in [1.807, 2.05) is 12.1 Å². The van der Waals surface area contributed by atoms with Crippen molar-refractivity contribution in [1.82, 2.24) is 4.90 Å². The molecule has 0 spiro atoms. The molecule has 1 amide bonds. The molecule has 0 radical (unpaired) electrons. The first-order valence-corrected chi connectivity index (χ1v) is 9.99. The quantitative estimate of drug-likeness (QED) is 0.797. The molecule has 1 aliphatic heterocycles. The Hall–Kier alpha value is -1.42. The number of benzene rings is 1. The molecular formula is C20H26ClNO3. The van der Waals surface area contributed by atoms with Crippen LogP contribution in [0.3, 0.4) is 0 Å². The molecule has 2 fully saturated rings. The van der Waals surface area contributed by atoms with Gasteiger partial charge in [0.05, 0.1) is 11.4 Å². The number of carbonyl (C=O) groups is 1. The molecule has 1 aromatic rings. The van der Waals surface area contributed by atoms with Crippen molar-refractivity contribution < 1.29 is 14.3 Å². The summed E-state index contributed by atoms with van der Waals surface area (Å²) < 4.78 is 11.2. The summed E-state index contributed by atoms with van der Waals surface area (Å²) in [5.41, 5.74) is 0.917. The molecule has 0 atom stereocenters. The van der Waals surface area contributed by atoms with Crippen LogP contribution in [0.2, 0.25) is 5.02 Å². The van der Waals surface area contributed by atoms with Crippen molar-refractivity contribution in [3.05, 3.63) is 22.7 Å². The van der Waals surface area contributed by atoms with Gasteiger partial charge in [0.1, 0.15) is 13.2 Å². The van der Waals surface area contributed by atoms with Crippen LogP contribution in [0.1, 0.15) is 56.9 Å². The highest BCUT2D eigenvalue weighted by molar-refractivity contribution is 6.32. The Morgan fingerprint density at radius 3 is 2.24 bits per heavy atom. The Bertz CT molecular complexity index is 620. The van der Waals surface area contributed by atoms with E-state index in [-0.39, 0.29) is 5.91 Å². The van der Waals surface area contributed by atoms with Crippen molar-refractivity contribution in [3.8, 4) is 11.5 Å². The third kappa shape index (κ3) is 3.59. The molecule has 0 aromatic heterocycles. The number of ether oxygens (including phenoxy) is 2. The van der Waals surface area contributed by atoms with E-state index in [1.165, 1.54) is 25.7 Å². The average Bonchev–Trinajstić information content (AvgIpc) is 3.30. The van der Waals surface area contributed by atoms with E-state index in [4.69, 9.17) is 21.1 Å². The maximum atomic E-state index is 13.2. The fourth-order valence-corrected chi connectivity index (χ4v) is 4.89. The Morgan fingerprint density at radius 2 is 1.60 bits per heavy atom. The van der Waals surface area contributed by atoms with Crippen molar-refractivity contribution in [2.45, 2.75) is 69.9 Å². The fraction of sp³-hybridized carbons (Fsp3) is 0.650. The van der Waals surface area contributed by atoms with Crippen LogP contribution in [0.15, 0.2) is 12.1 Å². The lowest BCUT2D eigenvalue weighted by atomic mass is 10.0. The molecule has 2 saturated carbocycles. The Kier molecular flexibility index (Phi) is 5.07. The predicted molar refractivity (Wildman–Crippen MR) is 97.5 cm³/mol. The van der Waals surface area contributed by atoms with Crippen LogP contribution in [0.5, 0.6) is 11.5 Å². The highest BCUT2D eigenvalue weighted by Gasteiger charge is 2.34. The highest BCUT2D eigenvalue weighted by atomic mass is 35.5. The van der Waals surface area contributed by atoms with E-state index < -0.39 is 0 Å². The molecule has 1 heterocycles. The Balaban J connectivity index is 1.53. The summed E-state index contributed by atoms with van der Waals surface area (Å²) in [6.45, 7) is 1.04. The van der Waals surface area contributed by atoms with Crippen molar-refractivity contribution in [2.24, 2.45) is 0 Å². The molecule has 3 aliphatic rings. The van der Waals surface area contributed by atoms with Gasteiger partial charge in [0.25, 0.3) is 0 Å². The normalized spacial score (nSPS) is 20.8. The van der Waals surface area contributed by atoms with Gasteiger partial charge in [-0.1, -0.05) is 37.3 Å². The Labute approximate surface area is 154 Å². The van der Waals surface area contributed by atoms with Crippen molar-refractivity contribution >= 4 is 17.5 Å².